The first-order chi connectivity index (χ1) is 63.0. The summed E-state index contributed by atoms with van der Waals surface area (Å²) < 4.78 is 154. The van der Waals surface area contributed by atoms with Crippen LogP contribution in [0.25, 0.3) is 155 Å². The molecule has 17 aromatic carbocycles. The molecule has 550 valence electrons. The summed E-state index contributed by atoms with van der Waals surface area (Å²) in [6.07, 6.45) is 0. The van der Waals surface area contributed by atoms with Gasteiger partial charge >= 0.3 is 0 Å². The Bertz CT molecular complexity index is 8050. The van der Waals surface area contributed by atoms with Crippen LogP contribution in [0.2, 0.25) is 0 Å². The molecule has 2 aliphatic rings. The van der Waals surface area contributed by atoms with Crippen molar-refractivity contribution in [1.29, 1.82) is 0 Å². The third kappa shape index (κ3) is 11.1. The van der Waals surface area contributed by atoms with Gasteiger partial charge in [-0.3, -0.25) is 0 Å². The minimum Gasteiger partial charge on any atom is -0.456 e. The number of para-hydroxylation sites is 5. The van der Waals surface area contributed by atoms with Crippen molar-refractivity contribution in [3.05, 3.63) is 393 Å². The van der Waals surface area contributed by atoms with E-state index in [1.165, 1.54) is 6.07 Å². The van der Waals surface area contributed by atoms with Crippen molar-refractivity contribution in [2.24, 2.45) is 0 Å². The molecule has 0 fully saturated rings. The smallest absolute Gasteiger partial charge is 0.252 e. The van der Waals surface area contributed by atoms with E-state index in [4.69, 9.17) is 4.42 Å². The number of fused-ring (bicyclic) bond motifs is 13. The molecule has 0 aliphatic carbocycles. The van der Waals surface area contributed by atoms with Gasteiger partial charge in [-0.1, -0.05) is 320 Å². The van der Waals surface area contributed by atoms with Crippen LogP contribution in [0.15, 0.2) is 386 Å². The molecule has 0 unspecified atom stereocenters. The summed E-state index contributed by atoms with van der Waals surface area (Å²) in [6, 6.07) is 93.1. The van der Waals surface area contributed by atoms with E-state index >= 15 is 0 Å². The zero-order valence-corrected chi connectivity index (χ0v) is 64.5. The van der Waals surface area contributed by atoms with Crippen LogP contribution < -0.4 is 26.2 Å². The highest BCUT2D eigenvalue weighted by atomic mass is 16.3. The zero-order chi connectivity index (χ0) is 90.7. The molecule has 0 N–H and O–H groups in total. The van der Waals surface area contributed by atoms with E-state index in [9.17, 15) is 20.6 Å². The summed E-state index contributed by atoms with van der Waals surface area (Å²) in [7, 11) is 0. The maximum absolute atomic E-state index is 10.1. The second-order valence-electron chi connectivity index (χ2n) is 32.4. The number of furan rings is 1. The normalized spacial score (nSPS) is 14.5. The number of rotatable bonds is 11. The fourth-order valence-electron chi connectivity index (χ4n) is 17.9. The Balaban J connectivity index is 0.966. The minimum atomic E-state index is -0.819. The predicted octanol–water partition coefficient (Wildman–Crippen LogP) is 28.1. The zero-order valence-electron chi connectivity index (χ0n) is 79.5. The molecular formula is C110H81BN4O. The molecule has 22 rings (SSSR count). The average molecular weight is 1500 g/mol. The van der Waals surface area contributed by atoms with Gasteiger partial charge in [0.05, 0.1) is 54.0 Å². The van der Waals surface area contributed by atoms with Crippen molar-refractivity contribution >= 4 is 123 Å². The topological polar surface area (TPSA) is 29.5 Å². The maximum atomic E-state index is 10.1. The van der Waals surface area contributed by atoms with E-state index in [-0.39, 0.29) is 61.7 Å². The quantitative estimate of drug-likeness (QED) is 0.121. The van der Waals surface area contributed by atoms with E-state index < -0.39 is 90.1 Å². The van der Waals surface area contributed by atoms with Crippen LogP contribution in [0, 0.1) is 0 Å². The number of hydrogen-bond donors (Lipinski definition) is 0. The fourth-order valence-corrected chi connectivity index (χ4v) is 17.9. The van der Waals surface area contributed by atoms with Gasteiger partial charge in [0.2, 0.25) is 0 Å². The minimum absolute atomic E-state index is 0.00860. The van der Waals surface area contributed by atoms with Gasteiger partial charge in [-0.2, -0.15) is 0 Å². The lowest BCUT2D eigenvalue weighted by atomic mass is 9.33. The lowest BCUT2D eigenvalue weighted by Gasteiger charge is -2.46. The van der Waals surface area contributed by atoms with E-state index in [0.29, 0.717) is 45.3 Å². The second-order valence-corrected chi connectivity index (χ2v) is 32.4. The Morgan fingerprint density at radius 2 is 0.621 bits per heavy atom. The van der Waals surface area contributed by atoms with Gasteiger partial charge in [0.15, 0.2) is 0 Å². The summed E-state index contributed by atoms with van der Waals surface area (Å²) >= 11 is 0. The lowest BCUT2D eigenvalue weighted by Crippen LogP contribution is -2.61. The van der Waals surface area contributed by atoms with Crippen LogP contribution in [0.5, 0.6) is 0 Å². The number of benzene rings is 17. The van der Waals surface area contributed by atoms with Crippen molar-refractivity contribution in [3.63, 3.8) is 0 Å². The van der Waals surface area contributed by atoms with Crippen molar-refractivity contribution in [3.8, 4) is 89.3 Å². The van der Waals surface area contributed by atoms with Gasteiger partial charge in [-0.25, -0.2) is 0 Å². The van der Waals surface area contributed by atoms with Crippen molar-refractivity contribution in [2.45, 2.75) is 52.4 Å². The second kappa shape index (κ2) is 26.7. The van der Waals surface area contributed by atoms with Crippen LogP contribution >= 0.6 is 0 Å². The summed E-state index contributed by atoms with van der Waals surface area (Å²) in [5.41, 5.74) is 22.1. The number of aromatic nitrogens is 2. The Morgan fingerprint density at radius 1 is 0.267 bits per heavy atom. The fraction of sp³-hybridized carbons (Fsp3) is 0.0727. The monoisotopic (exact) mass is 1500 g/mol. The largest absolute Gasteiger partial charge is 0.456 e. The molecule has 6 heteroatoms. The van der Waals surface area contributed by atoms with Crippen molar-refractivity contribution in [2.75, 3.05) is 9.80 Å². The van der Waals surface area contributed by atoms with E-state index in [1.807, 2.05) is 127 Å². The molecule has 20 aromatic rings. The SMILES string of the molecule is [2H]c1cc([2H])c2c(c1[2H])c1c([2H])c([2H])c([2H])c([2H])c1n2-c1ccc2c(c1)N(c1c(-c3ccccc3)cc(C(C)(C)C)cc1-c1ccccc1)c1cc(-c3ccc4oc5ccccc5c4c3)cc3c1B2c1ccc(-n2c4c([2H])c([2H])c([2H])c([2H])c4c4c([2H])c([2H])c([2H])c([2H])c42)cc1N3c1c(-c2ccc(-c3ccccc3)cc2)cc(C(C)(C)C)cc1-c1ccc(-c2ccccc2)cc1. The van der Waals surface area contributed by atoms with Crippen LogP contribution in [0.1, 0.15) is 73.2 Å². The lowest BCUT2D eigenvalue weighted by molar-refractivity contribution is 0.590. The molecule has 0 bridgehead atoms. The molecule has 3 aromatic heterocycles. The van der Waals surface area contributed by atoms with E-state index in [1.54, 1.807) is 9.13 Å². The van der Waals surface area contributed by atoms with Gasteiger partial charge in [0.25, 0.3) is 6.71 Å². The molecule has 0 saturated heterocycles. The van der Waals surface area contributed by atoms with E-state index in [0.717, 1.165) is 128 Å². The van der Waals surface area contributed by atoms with E-state index in [2.05, 4.69) is 209 Å². The maximum Gasteiger partial charge on any atom is 0.252 e. The Hall–Kier alpha value is -14.2. The van der Waals surface area contributed by atoms with Crippen molar-refractivity contribution in [1.82, 2.24) is 9.13 Å². The van der Waals surface area contributed by atoms with Gasteiger partial charge in [0, 0.05) is 88.7 Å². The summed E-state index contributed by atoms with van der Waals surface area (Å²) in [4.78, 5) is 4.74. The molecular weight excluding hydrogens is 1400 g/mol. The summed E-state index contributed by atoms with van der Waals surface area (Å²) in [6.45, 7) is 12.5. The number of hydrogen-bond acceptors (Lipinski definition) is 3. The van der Waals surface area contributed by atoms with Crippen molar-refractivity contribution < 1.29 is 25.0 Å². The molecule has 5 heterocycles. The van der Waals surface area contributed by atoms with Gasteiger partial charge < -0.3 is 23.4 Å². The van der Waals surface area contributed by atoms with Gasteiger partial charge in [0.1, 0.15) is 11.2 Å². The van der Waals surface area contributed by atoms with Gasteiger partial charge in [-0.05, 0) is 197 Å². The summed E-state index contributed by atoms with van der Waals surface area (Å²) in [5, 5.41) is 1.62. The Morgan fingerprint density at radius 3 is 1.06 bits per heavy atom. The predicted molar refractivity (Wildman–Crippen MR) is 492 cm³/mol. The van der Waals surface area contributed by atoms with Crippen LogP contribution in [0.3, 0.4) is 0 Å². The number of anilines is 6. The molecule has 2 aliphatic heterocycles. The van der Waals surface area contributed by atoms with Gasteiger partial charge in [-0.15, -0.1) is 0 Å². The molecule has 0 amide bonds. The standard InChI is InChI=1S/C110H81BN4O/c1-109(2,3)80-64-89(74-33-15-9-16-34-74)107(90(65-80)75-35-17-10-18-36-75)114-100-68-82(112-96-42-24-19-37-84(96)85-38-20-25-43-97(85)112)56-58-94(100)111-95-59-57-83(113-98-44-26-21-39-86(98)87-40-22-27-45-99(87)113)69-101(95)115(103-63-79(62-102(114)106(103)111)78-55-60-105-93(61-78)88-41-23-28-46-104(88)116-105)108-91(76-51-47-72(48-52-76)70-29-11-7-12-30-70)66-81(110(4,5)6)67-92(108)77-53-49-73(50-54-77)71-31-13-8-14-32-71/h7-69H,1-6H3/i19D,20D,21D,22D,24D,26D,27D,37D,38D,39D,40D,42D,43D,44D,45D. The van der Waals surface area contributed by atoms with Crippen LogP contribution in [-0.2, 0) is 10.8 Å². The molecule has 0 spiro atoms. The Kier molecular flexibility index (Phi) is 12.6. The highest BCUT2D eigenvalue weighted by Crippen LogP contribution is 2.56. The van der Waals surface area contributed by atoms with Crippen LogP contribution in [0.4, 0.5) is 34.1 Å². The third-order valence-corrected chi connectivity index (χ3v) is 23.6. The highest BCUT2D eigenvalue weighted by molar-refractivity contribution is 7.00. The first kappa shape index (κ1) is 54.5. The first-order valence-corrected chi connectivity index (χ1v) is 39.3. The molecule has 0 saturated carbocycles. The number of nitrogens with zero attached hydrogens (tertiary/aromatic N) is 4. The van der Waals surface area contributed by atoms with Crippen LogP contribution in [-0.4, -0.2) is 15.8 Å². The molecule has 116 heavy (non-hydrogen) atoms. The highest BCUT2D eigenvalue weighted by Gasteiger charge is 2.46. The first-order valence-electron chi connectivity index (χ1n) is 46.8. The Labute approximate surface area is 697 Å². The molecule has 0 radical (unpaired) electrons. The average Bonchev–Trinajstić information content (AvgIpc) is 1.60. The third-order valence-electron chi connectivity index (χ3n) is 23.6. The molecule has 0 atom stereocenters. The summed E-state index contributed by atoms with van der Waals surface area (Å²) in [5.74, 6) is 0. The molecule has 5 nitrogen and oxygen atoms in total.